The number of Topliss-reactive ketones (excluding diaryl/α,β-unsaturated/α-hetero) is 1. The first kappa shape index (κ1) is 28.7. The van der Waals surface area contributed by atoms with E-state index in [-0.39, 0.29) is 53.6 Å². The van der Waals surface area contributed by atoms with Gasteiger partial charge in [0.25, 0.3) is 5.79 Å². The number of ketones is 1. The van der Waals surface area contributed by atoms with Crippen molar-refractivity contribution in [1.29, 1.82) is 0 Å². The maximum absolute atomic E-state index is 13.8. The van der Waals surface area contributed by atoms with Gasteiger partial charge in [0.05, 0.1) is 49.5 Å². The van der Waals surface area contributed by atoms with Gasteiger partial charge in [-0.1, -0.05) is 60.7 Å². The second-order valence-corrected chi connectivity index (χ2v) is 11.3. The van der Waals surface area contributed by atoms with Gasteiger partial charge in [0, 0.05) is 27.1 Å². The molecule has 0 bridgehead atoms. The largest absolute Gasteiger partial charge is 0.492 e. The van der Waals surface area contributed by atoms with Gasteiger partial charge in [-0.05, 0) is 11.1 Å². The van der Waals surface area contributed by atoms with Crippen molar-refractivity contribution in [2.45, 2.75) is 55.1 Å². The molecule has 6 atom stereocenters. The zero-order valence-electron chi connectivity index (χ0n) is 24.9. The van der Waals surface area contributed by atoms with E-state index in [2.05, 4.69) is 0 Å². The van der Waals surface area contributed by atoms with E-state index in [1.807, 2.05) is 60.7 Å². The lowest BCUT2D eigenvalue weighted by molar-refractivity contribution is -0.274. The van der Waals surface area contributed by atoms with Gasteiger partial charge in [0.1, 0.15) is 23.7 Å². The Morgan fingerprint density at radius 3 is 1.91 bits per heavy atom. The Balaban J connectivity index is 1.49. The van der Waals surface area contributed by atoms with Crippen LogP contribution in [0.1, 0.15) is 59.8 Å². The summed E-state index contributed by atoms with van der Waals surface area (Å²) in [5.74, 6) is -1.27. The van der Waals surface area contributed by atoms with Gasteiger partial charge in [0.15, 0.2) is 17.3 Å². The molecule has 0 aromatic heterocycles. The van der Waals surface area contributed by atoms with Crippen molar-refractivity contribution in [3.05, 3.63) is 94.2 Å². The minimum Gasteiger partial charge on any atom is -0.492 e. The lowest BCUT2D eigenvalue weighted by Gasteiger charge is -2.49. The highest BCUT2D eigenvalue weighted by Gasteiger charge is 2.73. The zero-order valence-corrected chi connectivity index (χ0v) is 24.9. The summed E-state index contributed by atoms with van der Waals surface area (Å²) in [6.07, 6.45) is -3.20. The van der Waals surface area contributed by atoms with Gasteiger partial charge >= 0.3 is 0 Å². The normalized spacial score (nSPS) is 30.2. The molecule has 1 aliphatic carbocycles. The summed E-state index contributed by atoms with van der Waals surface area (Å²) < 4.78 is 44.2. The van der Waals surface area contributed by atoms with E-state index in [4.69, 9.17) is 33.2 Å². The Hall–Kier alpha value is -4.09. The van der Waals surface area contributed by atoms with Crippen molar-refractivity contribution < 1.29 is 48.2 Å². The Labute approximate surface area is 254 Å². The third kappa shape index (κ3) is 3.78. The predicted molar refractivity (Wildman–Crippen MR) is 156 cm³/mol. The number of aliphatic hydroxyl groups is 2. The summed E-state index contributed by atoms with van der Waals surface area (Å²) in [5.41, 5.74) is 0.669. The number of hydrogen-bond donors (Lipinski definition) is 2. The molecule has 7 rings (SSSR count). The average molecular weight is 603 g/mol. The molecule has 2 N–H and O–H groups in total. The van der Waals surface area contributed by atoms with Crippen LogP contribution in [0.4, 0.5) is 0 Å². The molecule has 3 aromatic rings. The van der Waals surface area contributed by atoms with E-state index in [9.17, 15) is 15.0 Å². The van der Waals surface area contributed by atoms with E-state index in [0.717, 1.165) is 11.1 Å². The Bertz CT molecular complexity index is 1640. The fourth-order valence-electron chi connectivity index (χ4n) is 7.26. The first-order valence-corrected chi connectivity index (χ1v) is 14.5. The molecule has 3 aromatic carbocycles. The second-order valence-electron chi connectivity index (χ2n) is 11.3. The number of carbonyl (C=O) groups excluding carboxylic acids is 1. The van der Waals surface area contributed by atoms with E-state index < -0.39 is 41.6 Å². The van der Waals surface area contributed by atoms with Crippen molar-refractivity contribution in [1.82, 2.24) is 0 Å². The average Bonchev–Trinajstić information content (AvgIpc) is 3.35. The Morgan fingerprint density at radius 2 is 1.34 bits per heavy atom. The SMILES string of the molecule is COc1c2c(c3c(c1OC)[C@@]1(OC)C4=C(C(=O)C[C@@]1(OC)O3)[C@@H](O)C[C@H](c1ccccc1)O4)[C@@H](O)C[C@H](c1ccccc1)O2. The van der Waals surface area contributed by atoms with Crippen LogP contribution in [0.5, 0.6) is 23.0 Å². The number of benzene rings is 3. The molecule has 0 saturated carbocycles. The van der Waals surface area contributed by atoms with Crippen LogP contribution in [0.15, 0.2) is 72.0 Å². The molecule has 0 saturated heterocycles. The van der Waals surface area contributed by atoms with E-state index >= 15 is 0 Å². The summed E-state index contributed by atoms with van der Waals surface area (Å²) >= 11 is 0. The van der Waals surface area contributed by atoms with Crippen molar-refractivity contribution in [2.75, 3.05) is 28.4 Å². The van der Waals surface area contributed by atoms with Crippen LogP contribution in [-0.2, 0) is 24.6 Å². The van der Waals surface area contributed by atoms with Crippen molar-refractivity contribution in [3.8, 4) is 23.0 Å². The van der Waals surface area contributed by atoms with Crippen LogP contribution >= 0.6 is 0 Å². The smallest absolute Gasteiger partial charge is 0.258 e. The highest BCUT2D eigenvalue weighted by Crippen LogP contribution is 2.69. The van der Waals surface area contributed by atoms with E-state index in [1.165, 1.54) is 28.4 Å². The molecule has 3 heterocycles. The monoisotopic (exact) mass is 602 g/mol. The van der Waals surface area contributed by atoms with Crippen molar-refractivity contribution in [3.63, 3.8) is 0 Å². The van der Waals surface area contributed by atoms with Crippen molar-refractivity contribution >= 4 is 5.78 Å². The Kier molecular flexibility index (Phi) is 6.85. The first-order chi connectivity index (χ1) is 21.3. The quantitative estimate of drug-likeness (QED) is 0.414. The molecule has 230 valence electrons. The van der Waals surface area contributed by atoms with Gasteiger partial charge < -0.3 is 43.4 Å². The summed E-state index contributed by atoms with van der Waals surface area (Å²) in [6, 6.07) is 19.0. The van der Waals surface area contributed by atoms with Gasteiger partial charge in [-0.2, -0.15) is 0 Å². The van der Waals surface area contributed by atoms with Crippen LogP contribution < -0.4 is 18.9 Å². The minimum atomic E-state index is -1.78. The lowest BCUT2D eigenvalue weighted by Crippen LogP contribution is -2.61. The molecule has 10 nitrogen and oxygen atoms in total. The lowest BCUT2D eigenvalue weighted by atomic mass is 9.71. The van der Waals surface area contributed by atoms with Gasteiger partial charge in [0.2, 0.25) is 11.4 Å². The number of ether oxygens (including phenoxy) is 7. The molecular formula is C34H34O10. The molecule has 44 heavy (non-hydrogen) atoms. The number of aliphatic hydroxyl groups excluding tert-OH is 2. The summed E-state index contributed by atoms with van der Waals surface area (Å²) in [7, 11) is 5.83. The number of rotatable bonds is 6. The molecule has 0 unspecified atom stereocenters. The van der Waals surface area contributed by atoms with Gasteiger partial charge in [-0.25, -0.2) is 0 Å². The third-order valence-corrected chi connectivity index (χ3v) is 9.22. The molecule has 0 radical (unpaired) electrons. The van der Waals surface area contributed by atoms with Crippen LogP contribution in [0.25, 0.3) is 0 Å². The second kappa shape index (κ2) is 10.5. The van der Waals surface area contributed by atoms with Crippen LogP contribution in [0.3, 0.4) is 0 Å². The maximum atomic E-state index is 13.8. The molecule has 0 fully saturated rings. The summed E-state index contributed by atoms with van der Waals surface area (Å²) in [4.78, 5) is 13.8. The molecule has 0 spiro atoms. The Morgan fingerprint density at radius 1 is 0.750 bits per heavy atom. The van der Waals surface area contributed by atoms with Crippen molar-refractivity contribution in [2.24, 2.45) is 0 Å². The standard InChI is InChI=1S/C34H34O10/c1-38-30-27-28(26-21(36)16-23(18-11-7-5-8-12-18)42-29(26)31(30)39-2)44-33(40-3)17-22(37)25-20(35)15-24(19-13-9-6-10-14-19)43-32(25)34(27,33)41-4/h5-14,20-21,23-24,35-36H,15-17H2,1-4H3/t20-,21-,23+,24+,33+,34+/m0/s1. The number of fused-ring (bicyclic) bond motifs is 6. The number of hydrogen-bond acceptors (Lipinski definition) is 10. The molecular weight excluding hydrogens is 568 g/mol. The van der Waals surface area contributed by atoms with Crippen LogP contribution in [0.2, 0.25) is 0 Å². The molecule has 10 heteroatoms. The highest BCUT2D eigenvalue weighted by atomic mass is 16.7. The highest BCUT2D eigenvalue weighted by molar-refractivity contribution is 6.00. The van der Waals surface area contributed by atoms with Crippen LogP contribution in [0, 0.1) is 0 Å². The fourth-order valence-corrected chi connectivity index (χ4v) is 7.26. The molecule has 4 aliphatic rings. The predicted octanol–water partition coefficient (Wildman–Crippen LogP) is 4.59. The third-order valence-electron chi connectivity index (χ3n) is 9.22. The maximum Gasteiger partial charge on any atom is 0.258 e. The summed E-state index contributed by atoms with van der Waals surface area (Å²) in [6.45, 7) is 0. The fraction of sp³-hybridized carbons (Fsp3) is 0.382. The summed E-state index contributed by atoms with van der Waals surface area (Å²) in [5, 5.41) is 23.1. The zero-order chi connectivity index (χ0) is 30.8. The first-order valence-electron chi connectivity index (χ1n) is 14.5. The van der Waals surface area contributed by atoms with Gasteiger partial charge in [-0.15, -0.1) is 0 Å². The number of methoxy groups -OCH3 is 4. The van der Waals surface area contributed by atoms with E-state index in [1.54, 1.807) is 0 Å². The number of carbonyl (C=O) groups is 1. The van der Waals surface area contributed by atoms with Gasteiger partial charge in [-0.3, -0.25) is 4.79 Å². The molecule has 0 amide bonds. The van der Waals surface area contributed by atoms with E-state index in [0.29, 0.717) is 11.1 Å². The molecule has 3 aliphatic heterocycles. The minimum absolute atomic E-state index is 0.0677. The topological polar surface area (TPSA) is 122 Å². The van der Waals surface area contributed by atoms with Crippen LogP contribution in [-0.4, -0.2) is 56.3 Å².